The molecule has 3 rings (SSSR count). The van der Waals surface area contributed by atoms with Crippen molar-refractivity contribution >= 4 is 11.6 Å². The van der Waals surface area contributed by atoms with E-state index in [0.29, 0.717) is 0 Å². The molecule has 0 saturated heterocycles. The van der Waals surface area contributed by atoms with Crippen LogP contribution in [0.5, 0.6) is 0 Å². The van der Waals surface area contributed by atoms with Crippen LogP contribution >= 0.6 is 0 Å². The van der Waals surface area contributed by atoms with E-state index in [0.717, 1.165) is 23.3 Å². The van der Waals surface area contributed by atoms with Gasteiger partial charge in [0.05, 0.1) is 5.56 Å². The summed E-state index contributed by atoms with van der Waals surface area (Å²) in [5.41, 5.74) is 1.01. The lowest BCUT2D eigenvalue weighted by molar-refractivity contribution is -0.137. The van der Waals surface area contributed by atoms with Crippen molar-refractivity contribution in [1.29, 1.82) is 0 Å². The second-order valence-corrected chi connectivity index (χ2v) is 6.71. The zero-order valence-electron chi connectivity index (χ0n) is 15.8. The Morgan fingerprint density at radius 3 is 2.00 bits per heavy atom. The van der Waals surface area contributed by atoms with E-state index >= 15 is 0 Å². The standard InChI is InChI=1S/C23H21F3N2O/c1-16(17-9-4-2-5-10-17)27-21(18-11-6-3-7-12-18)22(29)28-20-14-8-13-19(15-20)23(24,25)26/h2-16,21,27H,1H3,(H,28,29)/t16-,21-/m1/s1. The van der Waals surface area contributed by atoms with Gasteiger partial charge in [0.1, 0.15) is 6.04 Å². The predicted octanol–water partition coefficient (Wildman–Crippen LogP) is 5.74. The maximum atomic E-state index is 13.0. The molecule has 0 radical (unpaired) electrons. The predicted molar refractivity (Wildman–Crippen MR) is 107 cm³/mol. The zero-order chi connectivity index (χ0) is 20.9. The van der Waals surface area contributed by atoms with Crippen molar-refractivity contribution in [2.24, 2.45) is 0 Å². The Hall–Kier alpha value is -3.12. The van der Waals surface area contributed by atoms with Crippen LogP contribution in [0.1, 0.15) is 35.7 Å². The summed E-state index contributed by atoms with van der Waals surface area (Å²) < 4.78 is 38.9. The van der Waals surface area contributed by atoms with E-state index in [1.54, 1.807) is 12.1 Å². The zero-order valence-corrected chi connectivity index (χ0v) is 15.8. The highest BCUT2D eigenvalue weighted by Gasteiger charge is 2.31. The fourth-order valence-corrected chi connectivity index (χ4v) is 3.04. The minimum atomic E-state index is -4.47. The lowest BCUT2D eigenvalue weighted by atomic mass is 10.0. The van der Waals surface area contributed by atoms with E-state index in [4.69, 9.17) is 0 Å². The van der Waals surface area contributed by atoms with Gasteiger partial charge in [-0.1, -0.05) is 66.7 Å². The van der Waals surface area contributed by atoms with Gasteiger partial charge in [-0.15, -0.1) is 0 Å². The molecule has 0 spiro atoms. The lowest BCUT2D eigenvalue weighted by Gasteiger charge is -2.24. The van der Waals surface area contributed by atoms with Gasteiger partial charge in [-0.05, 0) is 36.2 Å². The number of hydrogen-bond donors (Lipinski definition) is 2. The molecule has 2 atom stereocenters. The first-order valence-corrected chi connectivity index (χ1v) is 9.18. The molecular weight excluding hydrogens is 377 g/mol. The van der Waals surface area contributed by atoms with E-state index in [1.165, 1.54) is 12.1 Å². The van der Waals surface area contributed by atoms with E-state index in [2.05, 4.69) is 10.6 Å². The van der Waals surface area contributed by atoms with E-state index in [1.807, 2.05) is 55.5 Å². The number of halogens is 3. The lowest BCUT2D eigenvalue weighted by Crippen LogP contribution is -2.34. The minimum absolute atomic E-state index is 0.0971. The second kappa shape index (κ2) is 8.92. The van der Waals surface area contributed by atoms with Crippen LogP contribution in [0.2, 0.25) is 0 Å². The van der Waals surface area contributed by atoms with Gasteiger partial charge in [-0.25, -0.2) is 0 Å². The average Bonchev–Trinajstić information content (AvgIpc) is 2.72. The van der Waals surface area contributed by atoms with Crippen LogP contribution in [0, 0.1) is 0 Å². The molecule has 3 aromatic rings. The first-order valence-electron chi connectivity index (χ1n) is 9.18. The summed E-state index contributed by atoms with van der Waals surface area (Å²) in [6, 6.07) is 22.4. The van der Waals surface area contributed by atoms with Gasteiger partial charge in [0, 0.05) is 11.7 Å². The van der Waals surface area contributed by atoms with Crippen molar-refractivity contribution < 1.29 is 18.0 Å². The fourth-order valence-electron chi connectivity index (χ4n) is 3.04. The Kier molecular flexibility index (Phi) is 6.34. The molecule has 1 amide bonds. The van der Waals surface area contributed by atoms with E-state index in [9.17, 15) is 18.0 Å². The number of nitrogens with one attached hydrogen (secondary N) is 2. The number of hydrogen-bond acceptors (Lipinski definition) is 2. The molecule has 150 valence electrons. The number of benzene rings is 3. The van der Waals surface area contributed by atoms with Crippen LogP contribution in [0.3, 0.4) is 0 Å². The molecule has 0 aliphatic heterocycles. The molecule has 0 bridgehead atoms. The molecular formula is C23H21F3N2O. The monoisotopic (exact) mass is 398 g/mol. The minimum Gasteiger partial charge on any atom is -0.324 e. The Morgan fingerprint density at radius 2 is 1.41 bits per heavy atom. The molecule has 0 unspecified atom stereocenters. The first kappa shape index (κ1) is 20.6. The van der Waals surface area contributed by atoms with Crippen LogP contribution in [0.25, 0.3) is 0 Å². The molecule has 0 saturated carbocycles. The highest BCUT2D eigenvalue weighted by molar-refractivity contribution is 5.95. The SMILES string of the molecule is C[C@@H](N[C@@H](C(=O)Nc1cccc(C(F)(F)F)c1)c1ccccc1)c1ccccc1. The molecule has 0 fully saturated rings. The van der Waals surface area contributed by atoms with Crippen LogP contribution in [-0.2, 0) is 11.0 Å². The van der Waals surface area contributed by atoms with Crippen molar-refractivity contribution in [2.45, 2.75) is 25.2 Å². The van der Waals surface area contributed by atoms with Gasteiger partial charge in [0.2, 0.25) is 5.91 Å². The molecule has 6 heteroatoms. The van der Waals surface area contributed by atoms with Crippen molar-refractivity contribution in [3.8, 4) is 0 Å². The molecule has 3 aromatic carbocycles. The Balaban J connectivity index is 1.84. The molecule has 0 aliphatic rings. The van der Waals surface area contributed by atoms with Crippen LogP contribution in [-0.4, -0.2) is 5.91 Å². The number of rotatable bonds is 6. The van der Waals surface area contributed by atoms with Crippen molar-refractivity contribution in [2.75, 3.05) is 5.32 Å². The Labute approximate surface area is 167 Å². The summed E-state index contributed by atoms with van der Waals surface area (Å²) in [7, 11) is 0. The highest BCUT2D eigenvalue weighted by Crippen LogP contribution is 2.31. The summed E-state index contributed by atoms with van der Waals surface area (Å²) in [5, 5.41) is 5.89. The van der Waals surface area contributed by atoms with Crippen LogP contribution in [0.15, 0.2) is 84.9 Å². The summed E-state index contributed by atoms with van der Waals surface area (Å²) in [6.07, 6.45) is -4.47. The Morgan fingerprint density at radius 1 is 0.828 bits per heavy atom. The topological polar surface area (TPSA) is 41.1 Å². The molecule has 0 aliphatic carbocycles. The number of carbonyl (C=O) groups is 1. The van der Waals surface area contributed by atoms with Crippen molar-refractivity contribution in [3.63, 3.8) is 0 Å². The highest BCUT2D eigenvalue weighted by atomic mass is 19.4. The second-order valence-electron chi connectivity index (χ2n) is 6.71. The quantitative estimate of drug-likeness (QED) is 0.556. The number of amides is 1. The third-order valence-electron chi connectivity index (χ3n) is 4.57. The van der Waals surface area contributed by atoms with Crippen LogP contribution in [0.4, 0.5) is 18.9 Å². The van der Waals surface area contributed by atoms with E-state index in [-0.39, 0.29) is 11.7 Å². The summed E-state index contributed by atoms with van der Waals surface area (Å²) in [6.45, 7) is 1.93. The number of carbonyl (C=O) groups excluding carboxylic acids is 1. The van der Waals surface area contributed by atoms with Gasteiger partial charge in [-0.3, -0.25) is 10.1 Å². The summed E-state index contributed by atoms with van der Waals surface area (Å²) in [4.78, 5) is 13.0. The maximum absolute atomic E-state index is 13.0. The third kappa shape index (κ3) is 5.45. The van der Waals surface area contributed by atoms with Crippen molar-refractivity contribution in [1.82, 2.24) is 5.32 Å². The number of alkyl halides is 3. The normalized spacial score (nSPS) is 13.5. The van der Waals surface area contributed by atoms with E-state index < -0.39 is 23.7 Å². The van der Waals surface area contributed by atoms with Gasteiger partial charge in [-0.2, -0.15) is 13.2 Å². The Bertz CT molecular complexity index is 943. The molecule has 0 aromatic heterocycles. The average molecular weight is 398 g/mol. The molecule has 3 nitrogen and oxygen atoms in total. The molecule has 29 heavy (non-hydrogen) atoms. The first-order chi connectivity index (χ1) is 13.8. The summed E-state index contributed by atoms with van der Waals surface area (Å²) >= 11 is 0. The van der Waals surface area contributed by atoms with Gasteiger partial charge in [0.15, 0.2) is 0 Å². The largest absolute Gasteiger partial charge is 0.416 e. The molecule has 0 heterocycles. The van der Waals surface area contributed by atoms with Crippen molar-refractivity contribution in [3.05, 3.63) is 102 Å². The van der Waals surface area contributed by atoms with Gasteiger partial charge >= 0.3 is 6.18 Å². The van der Waals surface area contributed by atoms with Gasteiger partial charge < -0.3 is 5.32 Å². The maximum Gasteiger partial charge on any atom is 0.416 e. The third-order valence-corrected chi connectivity index (χ3v) is 4.57. The fraction of sp³-hybridized carbons (Fsp3) is 0.174. The van der Waals surface area contributed by atoms with Gasteiger partial charge in [0.25, 0.3) is 0 Å². The smallest absolute Gasteiger partial charge is 0.324 e. The summed E-state index contributed by atoms with van der Waals surface area (Å²) in [5.74, 6) is -0.432. The van der Waals surface area contributed by atoms with Crippen LogP contribution < -0.4 is 10.6 Å². The molecule has 2 N–H and O–H groups in total. The number of anilines is 1.